The van der Waals surface area contributed by atoms with Gasteiger partial charge in [0.25, 0.3) is 0 Å². The number of aryl methyl sites for hydroxylation is 1. The van der Waals surface area contributed by atoms with Crippen molar-refractivity contribution in [2.24, 2.45) is 0 Å². The molecule has 156 valence electrons. The molecule has 1 aliphatic heterocycles. The number of H-pyrrole nitrogens is 1. The normalized spacial score (nSPS) is 16.0. The third-order valence-corrected chi connectivity index (χ3v) is 5.44. The van der Waals surface area contributed by atoms with Crippen LogP contribution in [0, 0.1) is 6.92 Å². The topological polar surface area (TPSA) is 39.3 Å². The number of allylic oxidation sites excluding steroid dienone is 6. The SMILES string of the molecule is C=C(/C=C/c1ccccc1N1CCN(C)CC1)/C=C(\C=C/C)c1cc(C=O)c(C)[nH]1. The van der Waals surface area contributed by atoms with Crippen LogP contribution in [0.4, 0.5) is 5.69 Å². The van der Waals surface area contributed by atoms with Crippen molar-refractivity contribution in [1.82, 2.24) is 9.88 Å². The number of benzene rings is 1. The molecule has 3 rings (SSSR count). The third kappa shape index (κ3) is 5.28. The molecule has 1 aromatic heterocycles. The summed E-state index contributed by atoms with van der Waals surface area (Å²) in [5.74, 6) is 0. The lowest BCUT2D eigenvalue weighted by Crippen LogP contribution is -2.44. The van der Waals surface area contributed by atoms with Gasteiger partial charge in [0.15, 0.2) is 6.29 Å². The molecule has 0 unspecified atom stereocenters. The van der Waals surface area contributed by atoms with Crippen LogP contribution in [0.2, 0.25) is 0 Å². The van der Waals surface area contributed by atoms with Gasteiger partial charge in [0.1, 0.15) is 0 Å². The molecule has 30 heavy (non-hydrogen) atoms. The van der Waals surface area contributed by atoms with E-state index in [2.05, 4.69) is 64.8 Å². The lowest BCUT2D eigenvalue weighted by atomic mass is 10.1. The molecule has 1 N–H and O–H groups in total. The molecule has 0 saturated carbocycles. The highest BCUT2D eigenvalue weighted by Crippen LogP contribution is 2.24. The van der Waals surface area contributed by atoms with E-state index in [0.717, 1.165) is 55.0 Å². The van der Waals surface area contributed by atoms with Crippen LogP contribution in [0.1, 0.15) is 34.2 Å². The van der Waals surface area contributed by atoms with E-state index in [9.17, 15) is 4.79 Å². The number of hydrogen-bond donors (Lipinski definition) is 1. The summed E-state index contributed by atoms with van der Waals surface area (Å²) in [6, 6.07) is 10.4. The third-order valence-electron chi connectivity index (χ3n) is 5.44. The number of aromatic nitrogens is 1. The van der Waals surface area contributed by atoms with Crippen molar-refractivity contribution in [3.8, 4) is 0 Å². The van der Waals surface area contributed by atoms with Crippen LogP contribution in [0.5, 0.6) is 0 Å². The Hall–Kier alpha value is -3.11. The molecule has 4 heteroatoms. The van der Waals surface area contributed by atoms with Gasteiger partial charge in [0.05, 0.1) is 0 Å². The first-order valence-corrected chi connectivity index (χ1v) is 10.4. The molecule has 2 aromatic rings. The zero-order chi connectivity index (χ0) is 21.5. The molecule has 1 fully saturated rings. The Kier molecular flexibility index (Phi) is 7.26. The molecule has 0 bridgehead atoms. The maximum absolute atomic E-state index is 11.2. The summed E-state index contributed by atoms with van der Waals surface area (Å²) >= 11 is 0. The average Bonchev–Trinajstić information content (AvgIpc) is 3.13. The van der Waals surface area contributed by atoms with Crippen molar-refractivity contribution in [3.05, 3.63) is 89.3 Å². The van der Waals surface area contributed by atoms with E-state index in [1.54, 1.807) is 0 Å². The van der Waals surface area contributed by atoms with Crippen molar-refractivity contribution in [3.63, 3.8) is 0 Å². The lowest BCUT2D eigenvalue weighted by Gasteiger charge is -2.34. The fourth-order valence-corrected chi connectivity index (χ4v) is 3.66. The number of aromatic amines is 1. The fourth-order valence-electron chi connectivity index (χ4n) is 3.66. The van der Waals surface area contributed by atoms with Crippen LogP contribution in [0.25, 0.3) is 11.6 Å². The average molecular weight is 402 g/mol. The van der Waals surface area contributed by atoms with Gasteiger partial charge in [0, 0.05) is 48.8 Å². The van der Waals surface area contributed by atoms with Crippen LogP contribution in [-0.4, -0.2) is 49.4 Å². The molecule has 1 aliphatic rings. The van der Waals surface area contributed by atoms with Crippen LogP contribution < -0.4 is 4.90 Å². The largest absolute Gasteiger partial charge is 0.368 e. The number of aldehydes is 1. The summed E-state index contributed by atoms with van der Waals surface area (Å²) in [6.07, 6.45) is 11.1. The molecule has 1 saturated heterocycles. The van der Waals surface area contributed by atoms with Gasteiger partial charge in [-0.05, 0) is 55.8 Å². The van der Waals surface area contributed by atoms with Gasteiger partial charge in [0.2, 0.25) is 0 Å². The smallest absolute Gasteiger partial charge is 0.151 e. The number of nitrogens with zero attached hydrogens (tertiary/aromatic N) is 2. The Bertz CT molecular complexity index is 985. The van der Waals surface area contributed by atoms with Crippen molar-refractivity contribution in [1.29, 1.82) is 0 Å². The predicted molar refractivity (Wildman–Crippen MR) is 128 cm³/mol. The Morgan fingerprint density at radius 1 is 1.10 bits per heavy atom. The zero-order valence-corrected chi connectivity index (χ0v) is 18.2. The van der Waals surface area contributed by atoms with E-state index >= 15 is 0 Å². The second-order valence-electron chi connectivity index (χ2n) is 7.74. The summed E-state index contributed by atoms with van der Waals surface area (Å²) in [5.41, 5.74) is 6.83. The highest BCUT2D eigenvalue weighted by Gasteiger charge is 2.15. The molecule has 0 atom stereocenters. The van der Waals surface area contributed by atoms with Crippen LogP contribution in [0.3, 0.4) is 0 Å². The molecule has 4 nitrogen and oxygen atoms in total. The molecular formula is C26H31N3O. The van der Waals surface area contributed by atoms with E-state index in [1.165, 1.54) is 11.3 Å². The molecule has 1 aromatic carbocycles. The Balaban J connectivity index is 1.81. The van der Waals surface area contributed by atoms with Crippen molar-refractivity contribution < 1.29 is 4.79 Å². The van der Waals surface area contributed by atoms with Crippen molar-refractivity contribution >= 4 is 23.6 Å². The molecular weight excluding hydrogens is 370 g/mol. The number of carbonyl (C=O) groups excluding carboxylic acids is 1. The second kappa shape index (κ2) is 10.1. The quantitative estimate of drug-likeness (QED) is 0.517. The number of para-hydroxylation sites is 1. The Morgan fingerprint density at radius 3 is 2.50 bits per heavy atom. The number of rotatable bonds is 7. The maximum Gasteiger partial charge on any atom is 0.151 e. The van der Waals surface area contributed by atoms with Gasteiger partial charge in [-0.25, -0.2) is 0 Å². The minimum Gasteiger partial charge on any atom is -0.368 e. The van der Waals surface area contributed by atoms with Gasteiger partial charge in [-0.1, -0.05) is 49.1 Å². The Morgan fingerprint density at radius 2 is 1.83 bits per heavy atom. The molecule has 0 amide bonds. The van der Waals surface area contributed by atoms with E-state index < -0.39 is 0 Å². The van der Waals surface area contributed by atoms with Crippen molar-refractivity contribution in [2.75, 3.05) is 38.1 Å². The number of carbonyl (C=O) groups is 1. The van der Waals surface area contributed by atoms with Gasteiger partial charge < -0.3 is 14.8 Å². The van der Waals surface area contributed by atoms with E-state index in [0.29, 0.717) is 5.56 Å². The Labute approximate surface area is 179 Å². The van der Waals surface area contributed by atoms with Crippen LogP contribution >= 0.6 is 0 Å². The zero-order valence-electron chi connectivity index (χ0n) is 18.2. The van der Waals surface area contributed by atoms with Crippen LogP contribution in [-0.2, 0) is 0 Å². The lowest BCUT2D eigenvalue weighted by molar-refractivity contribution is 0.112. The van der Waals surface area contributed by atoms with Gasteiger partial charge >= 0.3 is 0 Å². The standard InChI is InChI=1S/C26H31N3O/c1-5-8-23(25-18-24(19-30)21(3)27-25)17-20(2)11-12-22-9-6-7-10-26(22)29-15-13-28(4)14-16-29/h5-12,17-19,27H,2,13-16H2,1,3-4H3/b8-5-,12-11+,23-17+. The monoisotopic (exact) mass is 401 g/mol. The minimum atomic E-state index is 0.683. The van der Waals surface area contributed by atoms with E-state index in [-0.39, 0.29) is 0 Å². The van der Waals surface area contributed by atoms with Gasteiger partial charge in [-0.2, -0.15) is 0 Å². The van der Waals surface area contributed by atoms with Gasteiger partial charge in [-0.15, -0.1) is 0 Å². The summed E-state index contributed by atoms with van der Waals surface area (Å²) in [5, 5.41) is 0. The van der Waals surface area contributed by atoms with E-state index in [1.807, 2.05) is 38.1 Å². The number of piperazine rings is 1. The number of hydrogen-bond acceptors (Lipinski definition) is 3. The number of nitrogens with one attached hydrogen (secondary N) is 1. The minimum absolute atomic E-state index is 0.683. The molecule has 0 radical (unpaired) electrons. The highest BCUT2D eigenvalue weighted by molar-refractivity contribution is 5.83. The predicted octanol–water partition coefficient (Wildman–Crippen LogP) is 5.12. The van der Waals surface area contributed by atoms with Crippen molar-refractivity contribution in [2.45, 2.75) is 13.8 Å². The molecule has 2 heterocycles. The maximum atomic E-state index is 11.2. The number of likely N-dealkylation sites (N-methyl/N-ethyl adjacent to an activating group) is 1. The first-order chi connectivity index (χ1) is 14.5. The van der Waals surface area contributed by atoms with E-state index in [4.69, 9.17) is 0 Å². The van der Waals surface area contributed by atoms with Crippen LogP contribution in [0.15, 0.2) is 66.8 Å². The second-order valence-corrected chi connectivity index (χ2v) is 7.74. The first-order valence-electron chi connectivity index (χ1n) is 10.4. The van der Waals surface area contributed by atoms with Gasteiger partial charge in [-0.3, -0.25) is 4.79 Å². The summed E-state index contributed by atoms with van der Waals surface area (Å²) in [6.45, 7) is 12.4. The summed E-state index contributed by atoms with van der Waals surface area (Å²) < 4.78 is 0. The highest BCUT2D eigenvalue weighted by atomic mass is 16.1. The first kappa shape index (κ1) is 21.6. The summed E-state index contributed by atoms with van der Waals surface area (Å²) in [4.78, 5) is 19.3. The molecule has 0 aliphatic carbocycles. The fraction of sp³-hybridized carbons (Fsp3) is 0.269. The summed E-state index contributed by atoms with van der Waals surface area (Å²) in [7, 11) is 2.17. The molecule has 0 spiro atoms. The number of anilines is 1.